The maximum atomic E-state index is 12.1. The van der Waals surface area contributed by atoms with Crippen molar-refractivity contribution in [3.05, 3.63) is 35.4 Å². The molecule has 0 bridgehead atoms. The summed E-state index contributed by atoms with van der Waals surface area (Å²) in [5.41, 5.74) is 2.60. The van der Waals surface area contributed by atoms with Gasteiger partial charge in [-0.25, -0.2) is 0 Å². The number of nitrogens with zero attached hydrogens (tertiary/aromatic N) is 2. The highest BCUT2D eigenvalue weighted by Gasteiger charge is 2.19. The van der Waals surface area contributed by atoms with E-state index in [0.29, 0.717) is 12.5 Å². The standard InChI is InChI=1S/C14H20N4O/c1-15-14(16-2)17-9-13(19)18-8-7-11-5-3-4-6-12(11)10-18/h3-6H,7-10H2,1-2H3,(H2,15,16,17). The minimum Gasteiger partial charge on any atom is -0.359 e. The van der Waals surface area contributed by atoms with Gasteiger partial charge in [0.25, 0.3) is 0 Å². The van der Waals surface area contributed by atoms with E-state index in [1.807, 2.05) is 11.0 Å². The molecule has 102 valence electrons. The Morgan fingerprint density at radius 2 is 2.11 bits per heavy atom. The van der Waals surface area contributed by atoms with Crippen molar-refractivity contribution in [1.29, 1.82) is 0 Å². The molecule has 0 spiro atoms. The van der Waals surface area contributed by atoms with Gasteiger partial charge in [-0.05, 0) is 17.5 Å². The minimum absolute atomic E-state index is 0.103. The van der Waals surface area contributed by atoms with Crippen molar-refractivity contribution < 1.29 is 4.79 Å². The van der Waals surface area contributed by atoms with E-state index < -0.39 is 0 Å². The molecule has 1 aromatic rings. The first-order valence-electron chi connectivity index (χ1n) is 6.47. The Hall–Kier alpha value is -2.04. The molecular weight excluding hydrogens is 240 g/mol. The third-order valence-corrected chi connectivity index (χ3v) is 3.35. The molecule has 1 aliphatic rings. The Balaban J connectivity index is 1.92. The Morgan fingerprint density at radius 3 is 2.79 bits per heavy atom. The first-order chi connectivity index (χ1) is 9.24. The summed E-state index contributed by atoms with van der Waals surface area (Å²) in [7, 11) is 3.46. The van der Waals surface area contributed by atoms with E-state index in [4.69, 9.17) is 0 Å². The summed E-state index contributed by atoms with van der Waals surface area (Å²) in [6.45, 7) is 1.76. The Morgan fingerprint density at radius 1 is 1.37 bits per heavy atom. The van der Waals surface area contributed by atoms with Crippen LogP contribution in [0.25, 0.3) is 0 Å². The molecule has 0 aromatic heterocycles. The van der Waals surface area contributed by atoms with Crippen LogP contribution in [0, 0.1) is 0 Å². The predicted octanol–water partition coefficient (Wildman–Crippen LogP) is 0.366. The maximum absolute atomic E-state index is 12.1. The molecule has 5 nitrogen and oxygen atoms in total. The number of hydrogen-bond acceptors (Lipinski definition) is 2. The Labute approximate surface area is 113 Å². The van der Waals surface area contributed by atoms with Gasteiger partial charge in [-0.15, -0.1) is 0 Å². The van der Waals surface area contributed by atoms with Crippen molar-refractivity contribution in [2.24, 2.45) is 4.99 Å². The highest BCUT2D eigenvalue weighted by atomic mass is 16.2. The van der Waals surface area contributed by atoms with E-state index in [1.165, 1.54) is 11.1 Å². The third-order valence-electron chi connectivity index (χ3n) is 3.35. The smallest absolute Gasteiger partial charge is 0.242 e. The average Bonchev–Trinajstić information content (AvgIpc) is 2.47. The molecule has 0 saturated heterocycles. The molecule has 0 atom stereocenters. The van der Waals surface area contributed by atoms with E-state index in [1.54, 1.807) is 14.1 Å². The fraction of sp³-hybridized carbons (Fsp3) is 0.429. The molecule has 2 N–H and O–H groups in total. The molecule has 0 radical (unpaired) electrons. The third kappa shape index (κ3) is 3.24. The number of fused-ring (bicyclic) bond motifs is 1. The second kappa shape index (κ2) is 6.22. The Kier molecular flexibility index (Phi) is 4.39. The summed E-state index contributed by atoms with van der Waals surface area (Å²) >= 11 is 0. The lowest BCUT2D eigenvalue weighted by atomic mass is 10.00. The second-order valence-electron chi connectivity index (χ2n) is 4.51. The van der Waals surface area contributed by atoms with Crippen LogP contribution in [0.1, 0.15) is 11.1 Å². The van der Waals surface area contributed by atoms with Crippen LogP contribution in [0.3, 0.4) is 0 Å². The topological polar surface area (TPSA) is 56.7 Å². The number of benzene rings is 1. The van der Waals surface area contributed by atoms with E-state index in [-0.39, 0.29) is 12.5 Å². The number of hydrogen-bond donors (Lipinski definition) is 2. The molecule has 5 heteroatoms. The van der Waals surface area contributed by atoms with E-state index >= 15 is 0 Å². The van der Waals surface area contributed by atoms with Crippen LogP contribution in [-0.2, 0) is 17.8 Å². The summed E-state index contributed by atoms with van der Waals surface area (Å²) in [5, 5.41) is 5.88. The fourth-order valence-electron chi connectivity index (χ4n) is 2.26. The molecule has 1 aliphatic heterocycles. The molecule has 0 saturated carbocycles. The normalized spacial score (nSPS) is 14.8. The minimum atomic E-state index is 0.103. The summed E-state index contributed by atoms with van der Waals surface area (Å²) in [6.07, 6.45) is 0.933. The van der Waals surface area contributed by atoms with Crippen molar-refractivity contribution >= 4 is 11.9 Å². The number of carbonyl (C=O) groups is 1. The zero-order chi connectivity index (χ0) is 13.7. The van der Waals surface area contributed by atoms with Crippen molar-refractivity contribution in [3.63, 3.8) is 0 Å². The lowest BCUT2D eigenvalue weighted by Crippen LogP contribution is -2.45. The van der Waals surface area contributed by atoms with Gasteiger partial charge in [0, 0.05) is 27.2 Å². The van der Waals surface area contributed by atoms with Crippen LogP contribution in [0.2, 0.25) is 0 Å². The van der Waals surface area contributed by atoms with Crippen LogP contribution in [0.5, 0.6) is 0 Å². The molecule has 2 rings (SSSR count). The summed E-state index contributed by atoms with van der Waals surface area (Å²) < 4.78 is 0. The van der Waals surface area contributed by atoms with Gasteiger partial charge in [0.2, 0.25) is 5.91 Å². The van der Waals surface area contributed by atoms with E-state index in [2.05, 4.69) is 33.8 Å². The fourth-order valence-corrected chi connectivity index (χ4v) is 2.26. The molecule has 0 fully saturated rings. The molecular formula is C14H20N4O. The lowest BCUT2D eigenvalue weighted by Gasteiger charge is -2.29. The summed E-state index contributed by atoms with van der Waals surface area (Å²) in [5.74, 6) is 0.733. The van der Waals surface area contributed by atoms with Crippen LogP contribution < -0.4 is 10.6 Å². The van der Waals surface area contributed by atoms with Crippen LogP contribution in [-0.4, -0.2) is 44.0 Å². The molecule has 0 aliphatic carbocycles. The van der Waals surface area contributed by atoms with E-state index in [9.17, 15) is 4.79 Å². The van der Waals surface area contributed by atoms with Crippen LogP contribution in [0.4, 0.5) is 0 Å². The van der Waals surface area contributed by atoms with Gasteiger partial charge >= 0.3 is 0 Å². The number of guanidine groups is 1. The monoisotopic (exact) mass is 260 g/mol. The molecule has 1 amide bonds. The zero-order valence-electron chi connectivity index (χ0n) is 11.4. The quantitative estimate of drug-likeness (QED) is 0.596. The van der Waals surface area contributed by atoms with Gasteiger partial charge in [0.05, 0.1) is 6.54 Å². The van der Waals surface area contributed by atoms with Crippen LogP contribution >= 0.6 is 0 Å². The largest absolute Gasteiger partial charge is 0.359 e. The number of nitrogens with one attached hydrogen (secondary N) is 2. The first kappa shape index (κ1) is 13.4. The summed E-state index contributed by atoms with van der Waals surface area (Å²) in [6, 6.07) is 8.30. The van der Waals surface area contributed by atoms with Gasteiger partial charge in [0.15, 0.2) is 5.96 Å². The highest BCUT2D eigenvalue weighted by molar-refractivity contribution is 5.86. The molecule has 0 unspecified atom stereocenters. The second-order valence-corrected chi connectivity index (χ2v) is 4.51. The number of carbonyl (C=O) groups excluding carboxylic acids is 1. The van der Waals surface area contributed by atoms with Crippen molar-refractivity contribution in [2.45, 2.75) is 13.0 Å². The van der Waals surface area contributed by atoms with Crippen molar-refractivity contribution in [2.75, 3.05) is 27.2 Å². The van der Waals surface area contributed by atoms with Gasteiger partial charge < -0.3 is 15.5 Å². The average molecular weight is 260 g/mol. The highest BCUT2D eigenvalue weighted by Crippen LogP contribution is 2.18. The first-order valence-corrected chi connectivity index (χ1v) is 6.47. The number of rotatable bonds is 2. The van der Waals surface area contributed by atoms with Crippen molar-refractivity contribution in [1.82, 2.24) is 15.5 Å². The lowest BCUT2D eigenvalue weighted by molar-refractivity contribution is -0.130. The SMILES string of the molecule is CN=C(NC)NCC(=O)N1CCc2ccccc2C1. The van der Waals surface area contributed by atoms with E-state index in [0.717, 1.165) is 13.0 Å². The van der Waals surface area contributed by atoms with Gasteiger partial charge in [-0.3, -0.25) is 9.79 Å². The number of aliphatic imine (C=N–C) groups is 1. The van der Waals surface area contributed by atoms with Crippen molar-refractivity contribution in [3.8, 4) is 0 Å². The zero-order valence-corrected chi connectivity index (χ0v) is 11.4. The van der Waals surface area contributed by atoms with Crippen LogP contribution in [0.15, 0.2) is 29.3 Å². The molecule has 1 heterocycles. The van der Waals surface area contributed by atoms with Gasteiger partial charge in [-0.2, -0.15) is 0 Å². The summed E-state index contributed by atoms with van der Waals surface area (Å²) in [4.78, 5) is 18.0. The Bertz CT molecular complexity index is 484. The maximum Gasteiger partial charge on any atom is 0.242 e. The van der Waals surface area contributed by atoms with Gasteiger partial charge in [-0.1, -0.05) is 24.3 Å². The number of amides is 1. The van der Waals surface area contributed by atoms with Gasteiger partial charge in [0.1, 0.15) is 0 Å². The predicted molar refractivity (Wildman–Crippen MR) is 76.0 cm³/mol. The molecule has 1 aromatic carbocycles. The molecule has 19 heavy (non-hydrogen) atoms.